The predicted molar refractivity (Wildman–Crippen MR) is 62.3 cm³/mol. The van der Waals surface area contributed by atoms with E-state index in [1.807, 2.05) is 38.1 Å². The quantitative estimate of drug-likeness (QED) is 0.818. The summed E-state index contributed by atoms with van der Waals surface area (Å²) >= 11 is 1.24. The van der Waals surface area contributed by atoms with Crippen molar-refractivity contribution < 1.29 is 9.47 Å². The van der Waals surface area contributed by atoms with E-state index in [4.69, 9.17) is 9.47 Å². The first-order valence-electron chi connectivity index (χ1n) is 4.99. The van der Waals surface area contributed by atoms with E-state index in [0.29, 0.717) is 11.8 Å². The molecule has 0 unspecified atom stereocenters. The van der Waals surface area contributed by atoms with Crippen LogP contribution in [-0.4, -0.2) is 16.0 Å². The molecule has 0 fully saturated rings. The second-order valence-electron chi connectivity index (χ2n) is 3.11. The molecule has 0 aliphatic rings. The maximum absolute atomic E-state index is 5.52. The Hall–Kier alpha value is -1.62. The first-order valence-corrected chi connectivity index (χ1v) is 5.76. The molecule has 1 heterocycles. The van der Waals surface area contributed by atoms with Gasteiger partial charge in [-0.25, -0.2) is 0 Å². The molecule has 0 N–H and O–H groups in total. The topological polar surface area (TPSA) is 44.2 Å². The van der Waals surface area contributed by atoms with Gasteiger partial charge >= 0.3 is 0 Å². The van der Waals surface area contributed by atoms with Crippen molar-refractivity contribution in [3.8, 4) is 16.7 Å². The highest BCUT2D eigenvalue weighted by molar-refractivity contribution is 7.07. The number of benzene rings is 1. The van der Waals surface area contributed by atoms with Crippen LogP contribution in [0.3, 0.4) is 0 Å². The summed E-state index contributed by atoms with van der Waals surface area (Å²) < 4.78 is 14.9. The van der Waals surface area contributed by atoms with E-state index < -0.39 is 0 Å². The van der Waals surface area contributed by atoms with Gasteiger partial charge in [0.25, 0.3) is 5.19 Å². The van der Waals surface area contributed by atoms with Crippen LogP contribution in [0.5, 0.6) is 16.7 Å². The van der Waals surface area contributed by atoms with E-state index in [1.54, 1.807) is 0 Å². The van der Waals surface area contributed by atoms with Gasteiger partial charge in [0.1, 0.15) is 17.3 Å². The summed E-state index contributed by atoms with van der Waals surface area (Å²) in [6.07, 6.45) is 0. The molecule has 1 aromatic carbocycles. The van der Waals surface area contributed by atoms with Gasteiger partial charge in [-0.05, 0) is 38.1 Å². The molecule has 0 radical (unpaired) electrons. The predicted octanol–water partition coefficient (Wildman–Crippen LogP) is 3.04. The zero-order valence-electron chi connectivity index (χ0n) is 9.14. The molecule has 0 aliphatic carbocycles. The fraction of sp³-hybridized carbons (Fsp3) is 0.273. The average Bonchev–Trinajstić information content (AvgIpc) is 2.67. The third-order valence-corrected chi connectivity index (χ3v) is 2.54. The smallest absolute Gasteiger partial charge is 0.298 e. The van der Waals surface area contributed by atoms with E-state index in [1.165, 1.54) is 11.5 Å². The summed E-state index contributed by atoms with van der Waals surface area (Å²) in [5.74, 6) is 2.30. The lowest BCUT2D eigenvalue weighted by atomic mass is 10.3. The summed E-state index contributed by atoms with van der Waals surface area (Å²) in [4.78, 5) is 4.12. The summed E-state index contributed by atoms with van der Waals surface area (Å²) in [6, 6.07) is 7.43. The van der Waals surface area contributed by atoms with Gasteiger partial charge in [0.05, 0.1) is 6.61 Å². The van der Waals surface area contributed by atoms with Crippen molar-refractivity contribution in [1.29, 1.82) is 0 Å². The molecule has 0 aliphatic heterocycles. The van der Waals surface area contributed by atoms with Crippen LogP contribution in [0.4, 0.5) is 0 Å². The molecule has 0 bridgehead atoms. The standard InChI is InChI=1S/C11H12N2O2S/c1-3-14-9-4-6-10(7-5-9)15-11-12-8(2)13-16-11/h4-7H,3H2,1-2H3. The molecule has 2 aromatic rings. The molecular weight excluding hydrogens is 224 g/mol. The number of nitrogens with zero attached hydrogens (tertiary/aromatic N) is 2. The maximum atomic E-state index is 5.52. The second-order valence-corrected chi connectivity index (χ2v) is 3.83. The zero-order valence-corrected chi connectivity index (χ0v) is 9.95. The van der Waals surface area contributed by atoms with Crippen molar-refractivity contribution in [3.05, 3.63) is 30.1 Å². The molecule has 0 atom stereocenters. The minimum absolute atomic E-state index is 0.557. The Morgan fingerprint density at radius 3 is 2.44 bits per heavy atom. The average molecular weight is 236 g/mol. The largest absolute Gasteiger partial charge is 0.494 e. The van der Waals surface area contributed by atoms with Gasteiger partial charge in [-0.2, -0.15) is 9.36 Å². The molecular formula is C11H12N2O2S. The van der Waals surface area contributed by atoms with Gasteiger partial charge in [-0.1, -0.05) is 0 Å². The van der Waals surface area contributed by atoms with Crippen LogP contribution in [0, 0.1) is 6.92 Å². The molecule has 16 heavy (non-hydrogen) atoms. The Balaban J connectivity index is 2.05. The van der Waals surface area contributed by atoms with Crippen LogP contribution in [0.2, 0.25) is 0 Å². The van der Waals surface area contributed by atoms with Gasteiger partial charge in [0.2, 0.25) is 0 Å². The molecule has 84 valence electrons. The number of hydrogen-bond acceptors (Lipinski definition) is 5. The Morgan fingerprint density at radius 2 is 1.88 bits per heavy atom. The second kappa shape index (κ2) is 4.94. The summed E-state index contributed by atoms with van der Waals surface area (Å²) in [5.41, 5.74) is 0. The lowest BCUT2D eigenvalue weighted by molar-refractivity contribution is 0.339. The Morgan fingerprint density at radius 1 is 1.19 bits per heavy atom. The highest BCUT2D eigenvalue weighted by Gasteiger charge is 2.02. The fourth-order valence-electron chi connectivity index (χ4n) is 1.19. The van der Waals surface area contributed by atoms with Gasteiger partial charge in [-0.3, -0.25) is 0 Å². The molecule has 2 rings (SSSR count). The SMILES string of the molecule is CCOc1ccc(Oc2nc(C)ns2)cc1. The van der Waals surface area contributed by atoms with Crippen molar-refractivity contribution >= 4 is 11.5 Å². The first kappa shape index (κ1) is 10.9. The van der Waals surface area contributed by atoms with Crippen LogP contribution in [0.25, 0.3) is 0 Å². The fourth-order valence-corrected chi connectivity index (χ4v) is 1.75. The molecule has 0 saturated carbocycles. The minimum Gasteiger partial charge on any atom is -0.494 e. The number of ether oxygens (including phenoxy) is 2. The lowest BCUT2D eigenvalue weighted by Gasteiger charge is -2.04. The molecule has 1 aromatic heterocycles. The van der Waals surface area contributed by atoms with Crippen molar-refractivity contribution in [2.75, 3.05) is 6.61 Å². The van der Waals surface area contributed by atoms with Crippen molar-refractivity contribution in [1.82, 2.24) is 9.36 Å². The molecule has 0 saturated heterocycles. The van der Waals surface area contributed by atoms with Crippen molar-refractivity contribution in [3.63, 3.8) is 0 Å². The molecule has 0 amide bonds. The highest BCUT2D eigenvalue weighted by Crippen LogP contribution is 2.24. The lowest BCUT2D eigenvalue weighted by Crippen LogP contribution is -1.90. The van der Waals surface area contributed by atoms with Gasteiger partial charge in [-0.15, -0.1) is 0 Å². The Labute approximate surface area is 98.0 Å². The van der Waals surface area contributed by atoms with E-state index in [2.05, 4.69) is 9.36 Å². The third kappa shape index (κ3) is 2.70. The first-order chi connectivity index (χ1) is 7.78. The number of hydrogen-bond donors (Lipinski definition) is 0. The van der Waals surface area contributed by atoms with Crippen LogP contribution < -0.4 is 9.47 Å². The van der Waals surface area contributed by atoms with Gasteiger partial charge < -0.3 is 9.47 Å². The van der Waals surface area contributed by atoms with Crippen molar-refractivity contribution in [2.45, 2.75) is 13.8 Å². The monoisotopic (exact) mass is 236 g/mol. The van der Waals surface area contributed by atoms with Crippen LogP contribution in [0.15, 0.2) is 24.3 Å². The number of aryl methyl sites for hydroxylation is 1. The van der Waals surface area contributed by atoms with Crippen LogP contribution in [-0.2, 0) is 0 Å². The summed E-state index contributed by atoms with van der Waals surface area (Å²) in [6.45, 7) is 4.45. The van der Waals surface area contributed by atoms with E-state index in [9.17, 15) is 0 Å². The molecule has 5 heteroatoms. The Kier molecular flexibility index (Phi) is 3.36. The van der Waals surface area contributed by atoms with Crippen LogP contribution in [0.1, 0.15) is 12.7 Å². The van der Waals surface area contributed by atoms with Crippen molar-refractivity contribution in [2.24, 2.45) is 0 Å². The normalized spacial score (nSPS) is 10.1. The minimum atomic E-state index is 0.557. The van der Waals surface area contributed by atoms with E-state index in [-0.39, 0.29) is 0 Å². The Bertz CT molecular complexity index is 453. The zero-order chi connectivity index (χ0) is 11.4. The molecule has 0 spiro atoms. The summed E-state index contributed by atoms with van der Waals surface area (Å²) in [5, 5.41) is 0.557. The highest BCUT2D eigenvalue weighted by atomic mass is 32.1. The van der Waals surface area contributed by atoms with Crippen LogP contribution >= 0.6 is 11.5 Å². The van der Waals surface area contributed by atoms with E-state index >= 15 is 0 Å². The van der Waals surface area contributed by atoms with Gasteiger partial charge in [0.15, 0.2) is 0 Å². The number of rotatable bonds is 4. The maximum Gasteiger partial charge on any atom is 0.298 e. The van der Waals surface area contributed by atoms with Gasteiger partial charge in [0, 0.05) is 11.5 Å². The number of aromatic nitrogens is 2. The van der Waals surface area contributed by atoms with E-state index in [0.717, 1.165) is 17.3 Å². The molecule has 4 nitrogen and oxygen atoms in total. The summed E-state index contributed by atoms with van der Waals surface area (Å²) in [7, 11) is 0. The third-order valence-electron chi connectivity index (χ3n) is 1.85.